The summed E-state index contributed by atoms with van der Waals surface area (Å²) in [5, 5.41) is 10.7. The molecule has 0 N–H and O–H groups in total. The van der Waals surface area contributed by atoms with E-state index in [2.05, 4.69) is 45.3 Å². The fourth-order valence-corrected chi connectivity index (χ4v) is 5.41. The van der Waals surface area contributed by atoms with Gasteiger partial charge in [0, 0.05) is 24.6 Å². The monoisotopic (exact) mass is 600 g/mol. The molecule has 0 spiro atoms. The third kappa shape index (κ3) is 4.86. The van der Waals surface area contributed by atoms with Gasteiger partial charge in [0.05, 0.1) is 30.9 Å². The van der Waals surface area contributed by atoms with Crippen LogP contribution in [0.5, 0.6) is 23.0 Å². The van der Waals surface area contributed by atoms with E-state index in [9.17, 15) is 0 Å². The van der Waals surface area contributed by atoms with Gasteiger partial charge in [0.2, 0.25) is 12.5 Å². The lowest BCUT2D eigenvalue weighted by Gasteiger charge is -2.18. The zero-order valence-corrected chi connectivity index (χ0v) is 23.8. The number of benzene rings is 3. The number of hydrogen-bond donors (Lipinski definition) is 0. The summed E-state index contributed by atoms with van der Waals surface area (Å²) in [6.07, 6.45) is 6.94. The summed E-state index contributed by atoms with van der Waals surface area (Å²) in [4.78, 5) is 0. The Hall–Kier alpha value is -4.11. The fraction of sp³-hybridized carbons (Fsp3) is 0.258. The van der Waals surface area contributed by atoms with Crippen LogP contribution in [0.15, 0.2) is 73.1 Å². The summed E-state index contributed by atoms with van der Waals surface area (Å²) in [6, 6.07) is 20.6. The molecule has 3 aromatic carbocycles. The second-order valence-electron chi connectivity index (χ2n) is 9.85. The van der Waals surface area contributed by atoms with E-state index in [-0.39, 0.29) is 23.8 Å². The van der Waals surface area contributed by atoms with E-state index in [0.717, 1.165) is 77.4 Å². The molecule has 9 heteroatoms. The Morgan fingerprint density at radius 2 is 1.85 bits per heavy atom. The number of nitrogens with zero attached hydrogens (tertiary/aromatic N) is 4. The molecule has 2 aliphatic heterocycles. The van der Waals surface area contributed by atoms with Crippen LogP contribution in [0.25, 0.3) is 33.3 Å². The Morgan fingerprint density at radius 1 is 1.00 bits per heavy atom. The molecule has 8 nitrogen and oxygen atoms in total. The van der Waals surface area contributed by atoms with Crippen LogP contribution in [-0.2, 0) is 19.5 Å². The zero-order chi connectivity index (χ0) is 26.2. The van der Waals surface area contributed by atoms with Crippen LogP contribution in [-0.4, -0.2) is 35.5 Å². The average Bonchev–Trinajstić information content (AvgIpc) is 3.65. The second-order valence-corrected chi connectivity index (χ2v) is 9.85. The maximum Gasteiger partial charge on any atom is 0.231 e. The maximum absolute atomic E-state index is 6.35. The molecule has 7 rings (SSSR count). The van der Waals surface area contributed by atoms with E-state index < -0.39 is 0 Å². The van der Waals surface area contributed by atoms with Crippen molar-refractivity contribution in [2.45, 2.75) is 32.4 Å². The summed E-state index contributed by atoms with van der Waals surface area (Å²) >= 11 is 0. The summed E-state index contributed by atoms with van der Waals surface area (Å²) in [6.45, 7) is 2.54. The Balaban J connectivity index is 0.00000289. The quantitative estimate of drug-likeness (QED) is 0.201. The van der Waals surface area contributed by atoms with Gasteiger partial charge < -0.3 is 35.9 Å². The van der Waals surface area contributed by atoms with Crippen molar-refractivity contribution in [3.63, 3.8) is 0 Å². The van der Waals surface area contributed by atoms with Gasteiger partial charge in [-0.3, -0.25) is 4.68 Å². The number of rotatable bonds is 8. The van der Waals surface area contributed by atoms with Crippen LogP contribution in [0, 0.1) is 0 Å². The molecule has 204 valence electrons. The van der Waals surface area contributed by atoms with Gasteiger partial charge >= 0.3 is 0 Å². The van der Waals surface area contributed by atoms with Crippen molar-refractivity contribution in [3.05, 3.63) is 78.6 Å². The van der Waals surface area contributed by atoms with Crippen LogP contribution >= 0.6 is 0 Å². The van der Waals surface area contributed by atoms with Crippen LogP contribution in [0.2, 0.25) is 0 Å². The largest absolute Gasteiger partial charge is 1.00 e. The number of ether oxygens (including phenoxy) is 4. The number of hydrogen-bond acceptors (Lipinski definition) is 6. The topological polar surface area (TPSA) is 71.5 Å². The molecule has 4 heterocycles. The molecule has 0 radical (unpaired) electrons. The lowest BCUT2D eigenvalue weighted by atomic mass is 9.95. The fourth-order valence-electron chi connectivity index (χ4n) is 5.41. The molecule has 2 aromatic heterocycles. The minimum absolute atomic E-state index is 0. The highest BCUT2D eigenvalue weighted by Gasteiger charge is 2.28. The van der Waals surface area contributed by atoms with Gasteiger partial charge in [-0.25, -0.2) is 0 Å². The molecule has 0 bridgehead atoms. The summed E-state index contributed by atoms with van der Waals surface area (Å²) in [7, 11) is 1.69. The van der Waals surface area contributed by atoms with Crippen molar-refractivity contribution in [1.29, 1.82) is 0 Å². The highest BCUT2D eigenvalue weighted by Crippen LogP contribution is 2.41. The zero-order valence-electron chi connectivity index (χ0n) is 22.2. The van der Waals surface area contributed by atoms with E-state index in [4.69, 9.17) is 18.9 Å². The second kappa shape index (κ2) is 11.2. The number of methoxy groups -OCH3 is 1. The molecule has 0 saturated heterocycles. The number of aromatic nitrogens is 4. The van der Waals surface area contributed by atoms with Crippen molar-refractivity contribution in [1.82, 2.24) is 15.0 Å². The van der Waals surface area contributed by atoms with Crippen LogP contribution in [0.3, 0.4) is 0 Å². The molecule has 0 amide bonds. The van der Waals surface area contributed by atoms with Crippen molar-refractivity contribution in [2.24, 2.45) is 0 Å². The molecule has 0 aliphatic carbocycles. The Labute approximate surface area is 242 Å². The van der Waals surface area contributed by atoms with Crippen molar-refractivity contribution in [2.75, 3.05) is 20.5 Å². The van der Waals surface area contributed by atoms with Crippen molar-refractivity contribution < 1.29 is 40.5 Å². The molecule has 0 fully saturated rings. The van der Waals surface area contributed by atoms with Crippen LogP contribution in [0.1, 0.15) is 18.4 Å². The van der Waals surface area contributed by atoms with Gasteiger partial charge in [-0.15, -0.1) is 5.10 Å². The van der Waals surface area contributed by atoms with E-state index in [0.29, 0.717) is 6.61 Å². The number of pyridine rings is 1. The number of unbranched alkanes of at least 4 members (excludes halogenated alkanes) is 1. The minimum atomic E-state index is 0. The van der Waals surface area contributed by atoms with Gasteiger partial charge in [-0.1, -0.05) is 35.5 Å². The van der Waals surface area contributed by atoms with Gasteiger partial charge in [0.15, 0.2) is 35.7 Å². The third-order valence-corrected chi connectivity index (χ3v) is 7.43. The molecule has 2 aliphatic rings. The Morgan fingerprint density at radius 3 is 2.70 bits per heavy atom. The Bertz CT molecular complexity index is 1670. The lowest BCUT2D eigenvalue weighted by molar-refractivity contribution is -0.686. The highest BCUT2D eigenvalue weighted by atomic mass is 79.9. The molecular formula is C31H29BrN4O4. The normalized spacial score (nSPS) is 12.9. The smallest absolute Gasteiger partial charge is 0.231 e. The highest BCUT2D eigenvalue weighted by molar-refractivity contribution is 5.91. The van der Waals surface area contributed by atoms with Crippen LogP contribution < -0.4 is 40.5 Å². The van der Waals surface area contributed by atoms with Gasteiger partial charge in [0.25, 0.3) is 0 Å². The first kappa shape index (κ1) is 26.1. The first-order valence-electron chi connectivity index (χ1n) is 13.3. The third-order valence-electron chi connectivity index (χ3n) is 7.43. The van der Waals surface area contributed by atoms with Crippen LogP contribution in [0.4, 0.5) is 0 Å². The summed E-state index contributed by atoms with van der Waals surface area (Å²) in [5.41, 5.74) is 5.60. The number of fused-ring (bicyclic) bond motifs is 5. The van der Waals surface area contributed by atoms with Gasteiger partial charge in [-0.2, -0.15) is 4.57 Å². The van der Waals surface area contributed by atoms with E-state index in [1.165, 1.54) is 16.8 Å². The van der Waals surface area contributed by atoms with Gasteiger partial charge in [-0.05, 0) is 48.1 Å². The first-order valence-corrected chi connectivity index (χ1v) is 13.3. The number of halogens is 1. The van der Waals surface area contributed by atoms with Crippen molar-refractivity contribution in [3.8, 4) is 45.5 Å². The number of aryl methyl sites for hydroxylation is 3. The molecule has 0 atom stereocenters. The molecular weight excluding hydrogens is 572 g/mol. The summed E-state index contributed by atoms with van der Waals surface area (Å²) < 4.78 is 27.5. The lowest BCUT2D eigenvalue weighted by Crippen LogP contribution is -3.00. The predicted molar refractivity (Wildman–Crippen MR) is 146 cm³/mol. The summed E-state index contributed by atoms with van der Waals surface area (Å²) in [5.74, 6) is 3.17. The molecule has 5 aromatic rings. The molecule has 0 unspecified atom stereocenters. The first-order chi connectivity index (χ1) is 19.3. The van der Waals surface area contributed by atoms with E-state index in [1.54, 1.807) is 7.11 Å². The van der Waals surface area contributed by atoms with Crippen molar-refractivity contribution >= 4 is 10.8 Å². The predicted octanol–water partition coefficient (Wildman–Crippen LogP) is 2.21. The van der Waals surface area contributed by atoms with Gasteiger partial charge in [0.1, 0.15) is 5.69 Å². The average molecular weight is 602 g/mol. The SMILES string of the molecule is COc1ccc2cc3[n+](cc2c1OCCCCn1cc(-c2ccccc2)nn1)CCc1cc2c(cc1-3)OCO2.[Br-]. The molecule has 0 saturated carbocycles. The minimum Gasteiger partial charge on any atom is -1.00 e. The molecule has 40 heavy (non-hydrogen) atoms. The standard InChI is InChI=1S/C31H29N4O4.BrH/c1-36-28-10-9-22-15-27-24-17-30-29(38-20-39-30)16-23(24)11-13-34(27)18-25(22)31(28)37-14-6-5-12-35-19-26(32-33-35)21-7-3-2-4-8-21;/h2-4,7-10,15-19H,5-6,11-14,20H2,1H3;1H/q+1;/p-1. The van der Waals surface area contributed by atoms with E-state index >= 15 is 0 Å². The van der Waals surface area contributed by atoms with E-state index in [1.807, 2.05) is 47.3 Å². The Kier molecular flexibility index (Phi) is 7.30. The maximum atomic E-state index is 6.35.